The van der Waals surface area contributed by atoms with Gasteiger partial charge in [0.2, 0.25) is 0 Å². The van der Waals surface area contributed by atoms with Gasteiger partial charge in [0.25, 0.3) is 0 Å². The fraction of sp³-hybridized carbons (Fsp3) is 0.736. The molecule has 0 aromatic carbocycles. The monoisotopic (exact) mass is 921 g/mol. The fourth-order valence-corrected chi connectivity index (χ4v) is 7.58. The summed E-state index contributed by atoms with van der Waals surface area (Å²) in [6.45, 7) is 2.21. The first kappa shape index (κ1) is 61.4. The minimum absolute atomic E-state index is 0.115. The normalized spacial score (nSPS) is 14.3. The first-order chi connectivity index (χ1) is 31.2. The molecule has 0 bridgehead atoms. The molecular weight excluding hydrogens is 828 g/mol. The third-order valence-electron chi connectivity index (χ3n) is 10.6. The van der Waals surface area contributed by atoms with E-state index in [0.29, 0.717) is 12.8 Å². The van der Waals surface area contributed by atoms with Crippen molar-refractivity contribution in [2.45, 2.75) is 225 Å². The zero-order chi connectivity index (χ0) is 46.9. The molecule has 10 nitrogen and oxygen atoms in total. The Kier molecular flexibility index (Phi) is 46.4. The van der Waals surface area contributed by atoms with Crippen LogP contribution in [0.4, 0.5) is 0 Å². The summed E-state index contributed by atoms with van der Waals surface area (Å²) in [5.41, 5.74) is 0. The Balaban J connectivity index is 4.27. The number of esters is 2. The van der Waals surface area contributed by atoms with Crippen LogP contribution in [0, 0.1) is 0 Å². The molecule has 0 amide bonds. The van der Waals surface area contributed by atoms with E-state index in [-0.39, 0.29) is 19.4 Å². The highest BCUT2D eigenvalue weighted by Gasteiger charge is 2.27. The van der Waals surface area contributed by atoms with E-state index >= 15 is 0 Å². The molecule has 0 aromatic rings. The van der Waals surface area contributed by atoms with Crippen LogP contribution in [0.2, 0.25) is 0 Å². The minimum atomic E-state index is -4.64. The summed E-state index contributed by atoms with van der Waals surface area (Å²) in [6, 6.07) is 0. The van der Waals surface area contributed by atoms with Crippen molar-refractivity contribution >= 4 is 19.8 Å². The summed E-state index contributed by atoms with van der Waals surface area (Å²) in [5, 5.41) is 18.4. The van der Waals surface area contributed by atoms with Gasteiger partial charge in [0.15, 0.2) is 6.10 Å². The molecule has 64 heavy (non-hydrogen) atoms. The number of rotatable bonds is 47. The Morgan fingerprint density at radius 1 is 0.484 bits per heavy atom. The van der Waals surface area contributed by atoms with Gasteiger partial charge in [0.05, 0.1) is 19.8 Å². The van der Waals surface area contributed by atoms with Crippen molar-refractivity contribution < 1.29 is 47.8 Å². The number of hydrogen-bond donors (Lipinski definition) is 3. The molecule has 0 rings (SSSR count). The average molecular weight is 921 g/mol. The average Bonchev–Trinajstić information content (AvgIpc) is 3.28. The lowest BCUT2D eigenvalue weighted by Crippen LogP contribution is -2.29. The van der Waals surface area contributed by atoms with Crippen LogP contribution in [0.1, 0.15) is 213 Å². The number of carbonyl (C=O) groups is 2. The van der Waals surface area contributed by atoms with E-state index in [1.54, 1.807) is 0 Å². The van der Waals surface area contributed by atoms with Gasteiger partial charge in [-0.25, -0.2) is 4.57 Å². The predicted octanol–water partition coefficient (Wildman–Crippen LogP) is 14.4. The quantitative estimate of drug-likeness (QED) is 0.0233. The van der Waals surface area contributed by atoms with E-state index in [2.05, 4.69) is 74.6 Å². The van der Waals surface area contributed by atoms with Gasteiger partial charge in [-0.15, -0.1) is 0 Å². The Bertz CT molecular complexity index is 1290. The number of carbonyl (C=O) groups excluding carboxylic acids is 2. The third-order valence-corrected chi connectivity index (χ3v) is 11.6. The number of ether oxygens (including phenoxy) is 2. The molecule has 0 aromatic heterocycles. The molecule has 0 radical (unpaired) electrons. The highest BCUT2D eigenvalue weighted by Crippen LogP contribution is 2.43. The van der Waals surface area contributed by atoms with Crippen LogP contribution in [0.25, 0.3) is 0 Å². The van der Waals surface area contributed by atoms with Gasteiger partial charge in [0.1, 0.15) is 12.7 Å². The van der Waals surface area contributed by atoms with Gasteiger partial charge in [-0.1, -0.05) is 222 Å². The molecule has 0 aliphatic heterocycles. The van der Waals surface area contributed by atoms with Crippen LogP contribution in [-0.2, 0) is 32.7 Å². The second-order valence-electron chi connectivity index (χ2n) is 16.8. The summed E-state index contributed by atoms with van der Waals surface area (Å²) in [4.78, 5) is 35.1. The molecular formula is C53H93O10P. The molecule has 3 atom stereocenters. The second kappa shape index (κ2) is 48.3. The number of aliphatic hydroxyl groups excluding tert-OH is 2. The van der Waals surface area contributed by atoms with Crippen molar-refractivity contribution in [1.82, 2.24) is 0 Å². The maximum atomic E-state index is 12.7. The Morgan fingerprint density at radius 2 is 0.859 bits per heavy atom. The number of hydrogen-bond acceptors (Lipinski definition) is 9. The van der Waals surface area contributed by atoms with Gasteiger partial charge in [0, 0.05) is 12.8 Å². The lowest BCUT2D eigenvalue weighted by atomic mass is 10.0. The molecule has 0 aliphatic carbocycles. The molecule has 1 unspecified atom stereocenters. The van der Waals surface area contributed by atoms with Crippen LogP contribution >= 0.6 is 7.82 Å². The Hall–Kier alpha value is -2.59. The van der Waals surface area contributed by atoms with Gasteiger partial charge in [-0.3, -0.25) is 18.6 Å². The lowest BCUT2D eigenvalue weighted by molar-refractivity contribution is -0.161. The van der Waals surface area contributed by atoms with Crippen molar-refractivity contribution in [1.29, 1.82) is 0 Å². The van der Waals surface area contributed by atoms with Gasteiger partial charge in [-0.05, 0) is 51.4 Å². The van der Waals surface area contributed by atoms with E-state index in [4.69, 9.17) is 23.6 Å². The highest BCUT2D eigenvalue weighted by atomic mass is 31.2. The van der Waals surface area contributed by atoms with Crippen molar-refractivity contribution in [2.75, 3.05) is 26.4 Å². The fourth-order valence-electron chi connectivity index (χ4n) is 6.79. The predicted molar refractivity (Wildman–Crippen MR) is 265 cm³/mol. The number of phosphoric acid groups is 1. The van der Waals surface area contributed by atoms with E-state index in [0.717, 1.165) is 57.8 Å². The lowest BCUT2D eigenvalue weighted by Gasteiger charge is -2.20. The van der Waals surface area contributed by atoms with E-state index in [1.807, 2.05) is 12.2 Å². The summed E-state index contributed by atoms with van der Waals surface area (Å²) < 4.78 is 32.8. The molecule has 3 N–H and O–H groups in total. The van der Waals surface area contributed by atoms with Crippen LogP contribution < -0.4 is 0 Å². The van der Waals surface area contributed by atoms with Crippen LogP contribution in [0.3, 0.4) is 0 Å². The first-order valence-electron chi connectivity index (χ1n) is 25.4. The Labute approximate surface area is 390 Å². The molecule has 0 saturated carbocycles. The standard InChI is InChI=1S/C53H93O10P/c1-3-5-7-9-11-13-15-17-19-21-23-24-25-27-29-31-33-35-37-39-41-43-45-53(57)63-51(49-62-64(58,59)61-47-50(55)46-54)48-60-52(56)44-42-40-38-36-34-32-30-28-26-22-20-18-16-14-12-10-8-6-4-2/h6,8,12,14,18,20,26,28,32,34,38,40,50-51,54-55H,3-5,7,9-11,13,15-17,19,21-25,27,29-31,33,35-37,39,41-49H2,1-2H3,(H,58,59)/b8-6+,14-12+,20-18+,28-26+,34-32+,40-38+/t50-,51+/m0/s1. The summed E-state index contributed by atoms with van der Waals surface area (Å²) in [5.74, 6) is -1.02. The third kappa shape index (κ3) is 47.4. The van der Waals surface area contributed by atoms with Gasteiger partial charge < -0.3 is 24.6 Å². The maximum Gasteiger partial charge on any atom is 0.472 e. The smallest absolute Gasteiger partial charge is 0.462 e. The number of allylic oxidation sites excluding steroid dienone is 12. The summed E-state index contributed by atoms with van der Waals surface area (Å²) in [6.07, 6.45) is 57.5. The van der Waals surface area contributed by atoms with Gasteiger partial charge in [-0.2, -0.15) is 0 Å². The molecule has 0 fully saturated rings. The molecule has 0 saturated heterocycles. The minimum Gasteiger partial charge on any atom is -0.462 e. The maximum absolute atomic E-state index is 12.7. The zero-order valence-corrected chi connectivity index (χ0v) is 41.4. The summed E-state index contributed by atoms with van der Waals surface area (Å²) in [7, 11) is -4.64. The SMILES string of the molecule is CC/C=C/C/C=C/C/C=C/C/C=C/C/C=C/C/C=C/CCC(=O)OC[C@H](COP(=O)(O)OC[C@@H](O)CO)OC(=O)CCCCCCCCCCCCCCCCCCCCCCCC. The van der Waals surface area contributed by atoms with Gasteiger partial charge >= 0.3 is 19.8 Å². The van der Waals surface area contributed by atoms with E-state index < -0.39 is 51.8 Å². The highest BCUT2D eigenvalue weighted by molar-refractivity contribution is 7.47. The molecule has 11 heteroatoms. The number of aliphatic hydroxyl groups is 2. The van der Waals surface area contributed by atoms with Crippen LogP contribution in [0.5, 0.6) is 0 Å². The van der Waals surface area contributed by atoms with Crippen molar-refractivity contribution in [3.05, 3.63) is 72.9 Å². The molecule has 370 valence electrons. The van der Waals surface area contributed by atoms with Crippen molar-refractivity contribution in [3.8, 4) is 0 Å². The number of unbranched alkanes of at least 4 members (excludes halogenated alkanes) is 21. The van der Waals surface area contributed by atoms with E-state index in [9.17, 15) is 24.2 Å². The molecule has 0 aliphatic rings. The number of phosphoric ester groups is 1. The van der Waals surface area contributed by atoms with Crippen LogP contribution in [0.15, 0.2) is 72.9 Å². The second-order valence-corrected chi connectivity index (χ2v) is 18.3. The molecule has 0 spiro atoms. The zero-order valence-electron chi connectivity index (χ0n) is 40.5. The topological polar surface area (TPSA) is 149 Å². The largest absolute Gasteiger partial charge is 0.472 e. The Morgan fingerprint density at radius 3 is 1.27 bits per heavy atom. The van der Waals surface area contributed by atoms with Crippen LogP contribution in [-0.4, -0.2) is 65.7 Å². The molecule has 0 heterocycles. The van der Waals surface area contributed by atoms with Crippen molar-refractivity contribution in [2.24, 2.45) is 0 Å². The van der Waals surface area contributed by atoms with Crippen molar-refractivity contribution in [3.63, 3.8) is 0 Å². The van der Waals surface area contributed by atoms with E-state index in [1.165, 1.54) is 116 Å². The first-order valence-corrected chi connectivity index (χ1v) is 26.9. The summed E-state index contributed by atoms with van der Waals surface area (Å²) >= 11 is 0.